The molecule has 2 fully saturated rings. The van der Waals surface area contributed by atoms with E-state index in [1.807, 2.05) is 24.3 Å². The molecular formula is C14H16ClN3O2. The van der Waals surface area contributed by atoms with E-state index in [4.69, 9.17) is 11.6 Å². The van der Waals surface area contributed by atoms with E-state index in [1.54, 1.807) is 0 Å². The lowest BCUT2D eigenvalue weighted by atomic mass is 10.1. The van der Waals surface area contributed by atoms with E-state index >= 15 is 0 Å². The van der Waals surface area contributed by atoms with Gasteiger partial charge in [-0.25, -0.2) is 9.80 Å². The van der Waals surface area contributed by atoms with Crippen LogP contribution in [0.5, 0.6) is 0 Å². The number of nitrogens with zero attached hydrogens (tertiary/aromatic N) is 1. The highest BCUT2D eigenvalue weighted by Gasteiger charge is 2.45. The number of hydrazine groups is 1. The van der Waals surface area contributed by atoms with E-state index in [-0.39, 0.29) is 23.8 Å². The quantitative estimate of drug-likeness (QED) is 0.894. The average molecular weight is 294 g/mol. The normalized spacial score (nSPS) is 25.1. The third-order valence-corrected chi connectivity index (χ3v) is 4.10. The van der Waals surface area contributed by atoms with Gasteiger partial charge in [0.25, 0.3) is 0 Å². The van der Waals surface area contributed by atoms with E-state index in [0.29, 0.717) is 18.1 Å². The van der Waals surface area contributed by atoms with Crippen molar-refractivity contribution in [1.82, 2.24) is 15.8 Å². The summed E-state index contributed by atoms with van der Waals surface area (Å²) in [6.45, 7) is 1.22. The molecule has 0 radical (unpaired) electrons. The number of rotatable bonds is 3. The second kappa shape index (κ2) is 5.32. The topological polar surface area (TPSA) is 61.4 Å². The van der Waals surface area contributed by atoms with Crippen molar-refractivity contribution in [3.63, 3.8) is 0 Å². The molecule has 0 aromatic heterocycles. The molecule has 3 amide bonds. The van der Waals surface area contributed by atoms with Crippen LogP contribution in [0.1, 0.15) is 24.3 Å². The third-order valence-electron chi connectivity index (χ3n) is 3.76. The van der Waals surface area contributed by atoms with Gasteiger partial charge in [-0.05, 0) is 30.4 Å². The summed E-state index contributed by atoms with van der Waals surface area (Å²) in [6, 6.07) is 7.35. The maximum Gasteiger partial charge on any atom is 0.336 e. The molecule has 1 aliphatic heterocycles. The summed E-state index contributed by atoms with van der Waals surface area (Å²) in [5.41, 5.74) is 3.70. The van der Waals surface area contributed by atoms with Crippen molar-refractivity contribution in [1.29, 1.82) is 0 Å². The fourth-order valence-corrected chi connectivity index (χ4v) is 2.83. The van der Waals surface area contributed by atoms with Crippen LogP contribution in [-0.2, 0) is 4.79 Å². The summed E-state index contributed by atoms with van der Waals surface area (Å²) in [5.74, 6) is -0.0341. The zero-order chi connectivity index (χ0) is 14.1. The zero-order valence-corrected chi connectivity index (χ0v) is 11.7. The molecule has 1 saturated heterocycles. The van der Waals surface area contributed by atoms with Crippen molar-refractivity contribution in [2.45, 2.75) is 18.8 Å². The molecule has 1 heterocycles. The van der Waals surface area contributed by atoms with Crippen molar-refractivity contribution in [3.8, 4) is 0 Å². The highest BCUT2D eigenvalue weighted by atomic mass is 35.5. The fraction of sp³-hybridized carbons (Fsp3) is 0.429. The summed E-state index contributed by atoms with van der Waals surface area (Å²) in [4.78, 5) is 23.7. The number of carbonyl (C=O) groups excluding carboxylic acids is 2. The van der Waals surface area contributed by atoms with E-state index < -0.39 is 0 Å². The second-order valence-corrected chi connectivity index (χ2v) is 5.59. The first kappa shape index (κ1) is 13.2. The predicted octanol–water partition coefficient (Wildman–Crippen LogP) is 1.89. The lowest BCUT2D eigenvalue weighted by Crippen LogP contribution is -2.55. The summed E-state index contributed by atoms with van der Waals surface area (Å²) >= 11 is 6.14. The molecule has 0 bridgehead atoms. The number of halogens is 1. The van der Waals surface area contributed by atoms with Gasteiger partial charge in [0.05, 0.1) is 0 Å². The summed E-state index contributed by atoms with van der Waals surface area (Å²) in [7, 11) is 0. The summed E-state index contributed by atoms with van der Waals surface area (Å²) < 4.78 is 0. The molecular weight excluding hydrogens is 278 g/mol. The number of nitrogens with one attached hydrogen (secondary N) is 2. The van der Waals surface area contributed by atoms with Gasteiger partial charge in [-0.1, -0.05) is 29.8 Å². The SMILES string of the molecule is O=C(NN1CCCNC1=O)[C@@H]1C[C@@H]1c1ccccc1Cl. The highest BCUT2D eigenvalue weighted by molar-refractivity contribution is 6.31. The van der Waals surface area contributed by atoms with Gasteiger partial charge in [0.15, 0.2) is 0 Å². The smallest absolute Gasteiger partial charge is 0.336 e. The van der Waals surface area contributed by atoms with Crippen LogP contribution in [0.4, 0.5) is 4.79 Å². The van der Waals surface area contributed by atoms with Gasteiger partial charge in [-0.15, -0.1) is 0 Å². The highest BCUT2D eigenvalue weighted by Crippen LogP contribution is 2.49. The van der Waals surface area contributed by atoms with Gasteiger partial charge in [-0.3, -0.25) is 10.2 Å². The van der Waals surface area contributed by atoms with Gasteiger partial charge in [0.1, 0.15) is 0 Å². The van der Waals surface area contributed by atoms with Crippen LogP contribution in [0.15, 0.2) is 24.3 Å². The minimum absolute atomic E-state index is 0.0929. The number of urea groups is 1. The van der Waals surface area contributed by atoms with Crippen LogP contribution in [-0.4, -0.2) is 30.0 Å². The Morgan fingerprint density at radius 2 is 2.20 bits per heavy atom. The Hall–Kier alpha value is -1.75. The standard InChI is InChI=1S/C14H16ClN3O2/c15-12-5-2-1-4-9(12)10-8-11(10)13(19)17-18-7-3-6-16-14(18)20/h1-2,4-5,10-11H,3,6-8H2,(H,16,20)(H,17,19)/t10-,11-/m1/s1. The molecule has 2 N–H and O–H groups in total. The largest absolute Gasteiger partial charge is 0.336 e. The van der Waals surface area contributed by atoms with E-state index in [1.165, 1.54) is 5.01 Å². The minimum atomic E-state index is -0.237. The van der Waals surface area contributed by atoms with E-state index in [0.717, 1.165) is 18.4 Å². The molecule has 5 nitrogen and oxygen atoms in total. The molecule has 2 atom stereocenters. The molecule has 0 spiro atoms. The Bertz CT molecular complexity index is 549. The lowest BCUT2D eigenvalue weighted by Gasteiger charge is -2.27. The molecule has 20 heavy (non-hydrogen) atoms. The van der Waals surface area contributed by atoms with Crippen molar-refractivity contribution in [2.75, 3.05) is 13.1 Å². The first-order valence-electron chi connectivity index (χ1n) is 6.77. The van der Waals surface area contributed by atoms with Crippen LogP contribution in [0, 0.1) is 5.92 Å². The third kappa shape index (κ3) is 2.58. The second-order valence-electron chi connectivity index (χ2n) is 5.18. The van der Waals surface area contributed by atoms with Gasteiger partial charge >= 0.3 is 6.03 Å². The first-order chi connectivity index (χ1) is 9.66. The lowest BCUT2D eigenvalue weighted by molar-refractivity contribution is -0.126. The van der Waals surface area contributed by atoms with Crippen molar-refractivity contribution >= 4 is 23.5 Å². The van der Waals surface area contributed by atoms with E-state index in [2.05, 4.69) is 10.7 Å². The fourth-order valence-electron chi connectivity index (χ4n) is 2.56. The molecule has 1 aliphatic carbocycles. The number of benzene rings is 1. The number of hydrogen-bond acceptors (Lipinski definition) is 2. The molecule has 2 aliphatic rings. The number of amides is 3. The molecule has 106 valence electrons. The van der Waals surface area contributed by atoms with Crippen LogP contribution in [0.25, 0.3) is 0 Å². The molecule has 1 aromatic rings. The average Bonchev–Trinajstić information content (AvgIpc) is 3.22. The van der Waals surface area contributed by atoms with Crippen LogP contribution >= 0.6 is 11.6 Å². The molecule has 1 saturated carbocycles. The molecule has 6 heteroatoms. The Labute approximate surface area is 122 Å². The van der Waals surface area contributed by atoms with Crippen LogP contribution < -0.4 is 10.7 Å². The number of carbonyl (C=O) groups is 2. The maximum atomic E-state index is 12.1. The maximum absolute atomic E-state index is 12.1. The Kier molecular flexibility index (Phi) is 3.53. The predicted molar refractivity (Wildman–Crippen MR) is 75.2 cm³/mol. The molecule has 3 rings (SSSR count). The molecule has 0 unspecified atom stereocenters. The van der Waals surface area contributed by atoms with Crippen molar-refractivity contribution < 1.29 is 9.59 Å². The Morgan fingerprint density at radius 1 is 1.40 bits per heavy atom. The number of hydrogen-bond donors (Lipinski definition) is 2. The Balaban J connectivity index is 1.60. The molecule has 1 aromatic carbocycles. The zero-order valence-electron chi connectivity index (χ0n) is 10.9. The Morgan fingerprint density at radius 3 is 2.95 bits per heavy atom. The van der Waals surface area contributed by atoms with Gasteiger partial charge in [0.2, 0.25) is 5.91 Å². The van der Waals surface area contributed by atoms with Crippen molar-refractivity contribution in [3.05, 3.63) is 34.9 Å². The monoisotopic (exact) mass is 293 g/mol. The van der Waals surface area contributed by atoms with Crippen LogP contribution in [0.3, 0.4) is 0 Å². The summed E-state index contributed by atoms with van der Waals surface area (Å²) in [6.07, 6.45) is 1.62. The van der Waals surface area contributed by atoms with Crippen LogP contribution in [0.2, 0.25) is 5.02 Å². The van der Waals surface area contributed by atoms with E-state index in [9.17, 15) is 9.59 Å². The summed E-state index contributed by atoms with van der Waals surface area (Å²) in [5, 5.41) is 4.75. The first-order valence-corrected chi connectivity index (χ1v) is 7.15. The van der Waals surface area contributed by atoms with Gasteiger partial charge in [0, 0.05) is 24.0 Å². The minimum Gasteiger partial charge on any atom is -0.336 e. The van der Waals surface area contributed by atoms with Crippen molar-refractivity contribution in [2.24, 2.45) is 5.92 Å². The van der Waals surface area contributed by atoms with Gasteiger partial charge < -0.3 is 5.32 Å². The van der Waals surface area contributed by atoms with Gasteiger partial charge in [-0.2, -0.15) is 0 Å².